The molecule has 0 unspecified atom stereocenters. The lowest BCUT2D eigenvalue weighted by Gasteiger charge is -2.18. The molecule has 0 N–H and O–H groups in total. The maximum Gasteiger partial charge on any atom is 0.306 e. The summed E-state index contributed by atoms with van der Waals surface area (Å²) in [4.78, 5) is 38.0. The van der Waals surface area contributed by atoms with Crippen LogP contribution in [-0.2, 0) is 28.6 Å². The average molecular weight is 863 g/mol. The Morgan fingerprint density at radius 2 is 0.541 bits per heavy atom. The normalized spacial score (nSPS) is 12.0. The molecule has 362 valence electrons. The number of carbonyl (C=O) groups excluding carboxylic acids is 3. The summed E-state index contributed by atoms with van der Waals surface area (Å²) in [6.45, 7) is 11.4. The highest BCUT2D eigenvalue weighted by atomic mass is 16.6. The predicted octanol–water partition coefficient (Wildman–Crippen LogP) is 17.7. The van der Waals surface area contributed by atoms with E-state index in [1.54, 1.807) is 0 Å². The molecule has 0 saturated heterocycles. The summed E-state index contributed by atoms with van der Waals surface area (Å²) < 4.78 is 16.8. The van der Waals surface area contributed by atoms with Crippen molar-refractivity contribution in [3.63, 3.8) is 0 Å². The summed E-state index contributed by atoms with van der Waals surface area (Å²) in [5.74, 6) is 0.780. The summed E-state index contributed by atoms with van der Waals surface area (Å²) in [7, 11) is 0. The summed E-state index contributed by atoms with van der Waals surface area (Å²) in [6, 6.07) is 0. The van der Waals surface area contributed by atoms with Gasteiger partial charge in [-0.3, -0.25) is 14.4 Å². The molecule has 0 amide bonds. The van der Waals surface area contributed by atoms with Crippen LogP contribution in [0.15, 0.2) is 0 Å². The molecule has 0 aliphatic carbocycles. The Balaban J connectivity index is 4.24. The van der Waals surface area contributed by atoms with E-state index in [9.17, 15) is 14.4 Å². The van der Waals surface area contributed by atoms with Crippen LogP contribution in [0.5, 0.6) is 0 Å². The zero-order valence-corrected chi connectivity index (χ0v) is 41.8. The molecule has 0 aromatic carbocycles. The minimum absolute atomic E-state index is 0.0640. The highest BCUT2D eigenvalue weighted by Crippen LogP contribution is 2.18. The zero-order chi connectivity index (χ0) is 44.7. The molecule has 0 fully saturated rings. The van der Waals surface area contributed by atoms with Crippen LogP contribution in [0.3, 0.4) is 0 Å². The van der Waals surface area contributed by atoms with Crippen molar-refractivity contribution >= 4 is 17.9 Å². The van der Waals surface area contributed by atoms with E-state index in [-0.39, 0.29) is 31.1 Å². The third-order valence-electron chi connectivity index (χ3n) is 12.5. The molecule has 0 bridgehead atoms. The SMILES string of the molecule is CCCCCCCCCCCCCCCCCC(=O)OC[C@H](COC(=O)CCCCCCCCCCCCCCCCCC(C)C)OC(=O)CCCCCCCCCC(C)C. The summed E-state index contributed by atoms with van der Waals surface area (Å²) in [5.41, 5.74) is 0. The molecule has 0 rings (SSSR count). The second-order valence-corrected chi connectivity index (χ2v) is 19.8. The van der Waals surface area contributed by atoms with Crippen LogP contribution in [0.1, 0.15) is 304 Å². The van der Waals surface area contributed by atoms with Gasteiger partial charge in [0, 0.05) is 19.3 Å². The molecule has 0 saturated carbocycles. The van der Waals surface area contributed by atoms with Gasteiger partial charge in [0.15, 0.2) is 6.10 Å². The topological polar surface area (TPSA) is 78.9 Å². The number of unbranched alkanes of at least 4 members (excludes halogenated alkanes) is 34. The summed E-state index contributed by atoms with van der Waals surface area (Å²) >= 11 is 0. The Bertz CT molecular complexity index is 931. The highest BCUT2D eigenvalue weighted by molar-refractivity contribution is 5.71. The van der Waals surface area contributed by atoms with E-state index in [1.165, 1.54) is 193 Å². The van der Waals surface area contributed by atoms with Crippen molar-refractivity contribution in [1.29, 1.82) is 0 Å². The van der Waals surface area contributed by atoms with Gasteiger partial charge in [0.25, 0.3) is 0 Å². The number of carbonyl (C=O) groups is 3. The Labute approximate surface area is 380 Å². The Hall–Kier alpha value is -1.59. The van der Waals surface area contributed by atoms with Crippen molar-refractivity contribution in [2.24, 2.45) is 11.8 Å². The predicted molar refractivity (Wildman–Crippen MR) is 261 cm³/mol. The van der Waals surface area contributed by atoms with Crippen molar-refractivity contribution in [1.82, 2.24) is 0 Å². The Morgan fingerprint density at radius 1 is 0.311 bits per heavy atom. The van der Waals surface area contributed by atoms with Gasteiger partial charge in [-0.05, 0) is 31.1 Å². The van der Waals surface area contributed by atoms with Crippen molar-refractivity contribution in [3.05, 3.63) is 0 Å². The lowest BCUT2D eigenvalue weighted by atomic mass is 10.0. The quantitative estimate of drug-likeness (QED) is 0.0344. The van der Waals surface area contributed by atoms with Gasteiger partial charge >= 0.3 is 17.9 Å². The number of ether oxygens (including phenoxy) is 3. The van der Waals surface area contributed by atoms with E-state index in [0.717, 1.165) is 69.6 Å². The van der Waals surface area contributed by atoms with Gasteiger partial charge in [0.2, 0.25) is 0 Å². The van der Waals surface area contributed by atoms with Crippen LogP contribution < -0.4 is 0 Å². The number of hydrogen-bond donors (Lipinski definition) is 0. The van der Waals surface area contributed by atoms with Gasteiger partial charge in [-0.1, -0.05) is 266 Å². The zero-order valence-electron chi connectivity index (χ0n) is 41.8. The molecule has 0 aliphatic rings. The number of hydrogen-bond acceptors (Lipinski definition) is 6. The van der Waals surface area contributed by atoms with Crippen LogP contribution in [0.2, 0.25) is 0 Å². The average Bonchev–Trinajstić information content (AvgIpc) is 3.23. The maximum absolute atomic E-state index is 12.8. The molecule has 0 aromatic rings. The van der Waals surface area contributed by atoms with E-state index in [0.29, 0.717) is 19.3 Å². The number of rotatable bonds is 49. The summed E-state index contributed by atoms with van der Waals surface area (Å²) in [5, 5.41) is 0. The number of esters is 3. The van der Waals surface area contributed by atoms with Crippen LogP contribution in [0.25, 0.3) is 0 Å². The molecular formula is C55H106O6. The lowest BCUT2D eigenvalue weighted by Crippen LogP contribution is -2.30. The van der Waals surface area contributed by atoms with Gasteiger partial charge in [0.05, 0.1) is 0 Å². The largest absolute Gasteiger partial charge is 0.462 e. The van der Waals surface area contributed by atoms with Crippen LogP contribution >= 0.6 is 0 Å². The van der Waals surface area contributed by atoms with Crippen LogP contribution in [0.4, 0.5) is 0 Å². The molecule has 0 spiro atoms. The monoisotopic (exact) mass is 863 g/mol. The Kier molecular flexibility index (Phi) is 46.6. The van der Waals surface area contributed by atoms with Crippen molar-refractivity contribution in [2.45, 2.75) is 310 Å². The van der Waals surface area contributed by atoms with Gasteiger partial charge < -0.3 is 14.2 Å². The highest BCUT2D eigenvalue weighted by Gasteiger charge is 2.19. The van der Waals surface area contributed by atoms with Gasteiger partial charge in [-0.15, -0.1) is 0 Å². The molecule has 6 nitrogen and oxygen atoms in total. The van der Waals surface area contributed by atoms with E-state index in [1.807, 2.05) is 0 Å². The molecule has 6 heteroatoms. The van der Waals surface area contributed by atoms with Crippen molar-refractivity contribution in [3.8, 4) is 0 Å². The van der Waals surface area contributed by atoms with Crippen LogP contribution in [-0.4, -0.2) is 37.2 Å². The van der Waals surface area contributed by atoms with E-state index in [2.05, 4.69) is 34.6 Å². The van der Waals surface area contributed by atoms with E-state index < -0.39 is 6.10 Å². The molecule has 0 heterocycles. The minimum Gasteiger partial charge on any atom is -0.462 e. The van der Waals surface area contributed by atoms with E-state index >= 15 is 0 Å². The minimum atomic E-state index is -0.762. The third-order valence-corrected chi connectivity index (χ3v) is 12.5. The summed E-state index contributed by atoms with van der Waals surface area (Å²) in [6.07, 6.45) is 49.6. The smallest absolute Gasteiger partial charge is 0.306 e. The first kappa shape index (κ1) is 59.4. The van der Waals surface area contributed by atoms with E-state index in [4.69, 9.17) is 14.2 Å². The van der Waals surface area contributed by atoms with Crippen molar-refractivity contribution in [2.75, 3.05) is 13.2 Å². The molecule has 61 heavy (non-hydrogen) atoms. The van der Waals surface area contributed by atoms with Crippen LogP contribution in [0, 0.1) is 11.8 Å². The fourth-order valence-corrected chi connectivity index (χ4v) is 8.34. The standard InChI is InChI=1S/C55H106O6/c1-6-7-8-9-10-11-12-13-15-19-22-25-30-35-40-45-53(56)59-48-52(61-55(58)47-42-37-32-27-29-34-39-44-51(4)5)49-60-54(57)46-41-36-31-26-23-20-17-14-16-18-21-24-28-33-38-43-50(2)3/h50-52H,6-49H2,1-5H3/t52-/m1/s1. The fourth-order valence-electron chi connectivity index (χ4n) is 8.34. The van der Waals surface area contributed by atoms with Crippen molar-refractivity contribution < 1.29 is 28.6 Å². The third kappa shape index (κ3) is 49.3. The first-order valence-corrected chi connectivity index (χ1v) is 27.2. The molecule has 1 atom stereocenters. The van der Waals surface area contributed by atoms with Gasteiger partial charge in [-0.2, -0.15) is 0 Å². The fraction of sp³-hybridized carbons (Fsp3) is 0.945. The molecular weight excluding hydrogens is 757 g/mol. The first-order chi connectivity index (χ1) is 29.7. The lowest BCUT2D eigenvalue weighted by molar-refractivity contribution is -0.167. The second-order valence-electron chi connectivity index (χ2n) is 19.8. The maximum atomic E-state index is 12.8. The van der Waals surface area contributed by atoms with Gasteiger partial charge in [-0.25, -0.2) is 0 Å². The van der Waals surface area contributed by atoms with Gasteiger partial charge in [0.1, 0.15) is 13.2 Å². The molecule has 0 aromatic heterocycles. The second kappa shape index (κ2) is 47.9. The molecule has 0 aliphatic heterocycles. The Morgan fingerprint density at radius 3 is 0.803 bits per heavy atom. The molecule has 0 radical (unpaired) electrons. The first-order valence-electron chi connectivity index (χ1n) is 27.2.